The molecule has 1 aliphatic heterocycles. The third kappa shape index (κ3) is 3.20. The third-order valence-electron chi connectivity index (χ3n) is 4.52. The van der Waals surface area contributed by atoms with Crippen LogP contribution < -0.4 is 5.56 Å². The summed E-state index contributed by atoms with van der Waals surface area (Å²) in [6.07, 6.45) is 0. The average molecular weight is 354 g/mol. The fourth-order valence-electron chi connectivity index (χ4n) is 3.16. The fourth-order valence-corrected chi connectivity index (χ4v) is 3.91. The van der Waals surface area contributed by atoms with Crippen LogP contribution in [0.5, 0.6) is 0 Å². The summed E-state index contributed by atoms with van der Waals surface area (Å²) in [4.78, 5) is 30.3. The first-order valence-electron chi connectivity index (χ1n) is 8.24. The van der Waals surface area contributed by atoms with Gasteiger partial charge in [-0.05, 0) is 17.5 Å². The number of benzene rings is 1. The van der Waals surface area contributed by atoms with Crippen LogP contribution in [0.15, 0.2) is 46.6 Å². The molecule has 3 aromatic rings. The molecule has 6 nitrogen and oxygen atoms in total. The van der Waals surface area contributed by atoms with Crippen molar-refractivity contribution in [3.63, 3.8) is 0 Å². The monoisotopic (exact) mass is 354 g/mol. The van der Waals surface area contributed by atoms with Gasteiger partial charge in [0.25, 0.3) is 11.5 Å². The maximum absolute atomic E-state index is 12.9. The summed E-state index contributed by atoms with van der Waals surface area (Å²) in [6, 6.07) is 11.3. The first-order chi connectivity index (χ1) is 12.2. The highest BCUT2D eigenvalue weighted by Gasteiger charge is 2.25. The number of piperazine rings is 1. The molecule has 0 saturated carbocycles. The Bertz CT molecular complexity index is 943. The molecule has 0 bridgehead atoms. The van der Waals surface area contributed by atoms with Crippen molar-refractivity contribution in [2.75, 3.05) is 26.2 Å². The zero-order chi connectivity index (χ0) is 17.2. The van der Waals surface area contributed by atoms with Gasteiger partial charge in [0.1, 0.15) is 0 Å². The molecule has 2 aromatic heterocycles. The summed E-state index contributed by atoms with van der Waals surface area (Å²) in [5, 5.41) is 9.65. The minimum absolute atomic E-state index is 0.122. The van der Waals surface area contributed by atoms with Crippen LogP contribution in [0.2, 0.25) is 0 Å². The highest BCUT2D eigenvalue weighted by Crippen LogP contribution is 2.17. The number of hydrogen-bond donors (Lipinski definition) is 1. The predicted molar refractivity (Wildman–Crippen MR) is 97.9 cm³/mol. The number of carbonyl (C=O) groups is 1. The van der Waals surface area contributed by atoms with Crippen molar-refractivity contribution in [2.45, 2.75) is 6.54 Å². The molecule has 0 radical (unpaired) electrons. The SMILES string of the molecule is O=C(c1n[nH]c(=O)c2ccccc12)N1CCN(Cc2cccs2)CC1. The van der Waals surface area contributed by atoms with Crippen molar-refractivity contribution in [1.82, 2.24) is 20.0 Å². The summed E-state index contributed by atoms with van der Waals surface area (Å²) < 4.78 is 0. The Morgan fingerprint density at radius 2 is 1.84 bits per heavy atom. The van der Waals surface area contributed by atoms with E-state index in [0.29, 0.717) is 29.6 Å². The van der Waals surface area contributed by atoms with Gasteiger partial charge in [0.2, 0.25) is 0 Å². The number of nitrogens with one attached hydrogen (secondary N) is 1. The molecule has 0 unspecified atom stereocenters. The second-order valence-corrected chi connectivity index (χ2v) is 7.13. The molecule has 1 aliphatic rings. The number of H-pyrrole nitrogens is 1. The smallest absolute Gasteiger partial charge is 0.275 e. The molecule has 1 fully saturated rings. The van der Waals surface area contributed by atoms with Gasteiger partial charge in [0, 0.05) is 43.0 Å². The van der Waals surface area contributed by atoms with Crippen molar-refractivity contribution in [1.29, 1.82) is 0 Å². The number of hydrogen-bond acceptors (Lipinski definition) is 5. The number of aromatic nitrogens is 2. The summed E-state index contributed by atoms with van der Waals surface area (Å²) in [5.74, 6) is -0.122. The first kappa shape index (κ1) is 16.0. The maximum atomic E-state index is 12.9. The fraction of sp³-hybridized carbons (Fsp3) is 0.278. The molecule has 1 saturated heterocycles. The molecular weight excluding hydrogens is 336 g/mol. The Labute approximate surface area is 148 Å². The molecule has 0 atom stereocenters. The highest BCUT2D eigenvalue weighted by molar-refractivity contribution is 7.09. The second kappa shape index (κ2) is 6.78. The quantitative estimate of drug-likeness (QED) is 0.780. The lowest BCUT2D eigenvalue weighted by Gasteiger charge is -2.34. The third-order valence-corrected chi connectivity index (χ3v) is 5.38. The molecule has 1 aromatic carbocycles. The lowest BCUT2D eigenvalue weighted by atomic mass is 10.1. The summed E-state index contributed by atoms with van der Waals surface area (Å²) in [6.45, 7) is 3.94. The molecule has 7 heteroatoms. The molecule has 128 valence electrons. The van der Waals surface area contributed by atoms with Crippen LogP contribution in [0, 0.1) is 0 Å². The van der Waals surface area contributed by atoms with Crippen molar-refractivity contribution < 1.29 is 4.79 Å². The minimum atomic E-state index is -0.270. The second-order valence-electron chi connectivity index (χ2n) is 6.09. The zero-order valence-corrected chi connectivity index (χ0v) is 14.5. The maximum Gasteiger partial charge on any atom is 0.275 e. The largest absolute Gasteiger partial charge is 0.335 e. The number of fused-ring (bicyclic) bond motifs is 1. The molecule has 1 N–H and O–H groups in total. The Hall–Kier alpha value is -2.51. The van der Waals surface area contributed by atoms with Gasteiger partial charge in [-0.25, -0.2) is 5.10 Å². The Morgan fingerprint density at radius 3 is 2.56 bits per heavy atom. The highest BCUT2D eigenvalue weighted by atomic mass is 32.1. The van der Waals surface area contributed by atoms with Gasteiger partial charge in [-0.3, -0.25) is 14.5 Å². The zero-order valence-electron chi connectivity index (χ0n) is 13.6. The molecule has 4 rings (SSSR count). The summed E-state index contributed by atoms with van der Waals surface area (Å²) in [5.41, 5.74) is 0.0508. The number of amides is 1. The van der Waals surface area contributed by atoms with Crippen LogP contribution in [0.25, 0.3) is 10.8 Å². The van der Waals surface area contributed by atoms with Gasteiger partial charge < -0.3 is 4.90 Å². The lowest BCUT2D eigenvalue weighted by Crippen LogP contribution is -2.48. The van der Waals surface area contributed by atoms with E-state index in [4.69, 9.17) is 0 Å². The van der Waals surface area contributed by atoms with E-state index in [-0.39, 0.29) is 11.5 Å². The van der Waals surface area contributed by atoms with Gasteiger partial charge in [-0.15, -0.1) is 11.3 Å². The Morgan fingerprint density at radius 1 is 1.08 bits per heavy atom. The number of thiophene rings is 1. The van der Waals surface area contributed by atoms with Crippen LogP contribution in [0.4, 0.5) is 0 Å². The van der Waals surface area contributed by atoms with Crippen LogP contribution in [-0.4, -0.2) is 52.1 Å². The van der Waals surface area contributed by atoms with Crippen LogP contribution in [0.1, 0.15) is 15.4 Å². The standard InChI is InChI=1S/C18H18N4O2S/c23-17-15-6-2-1-5-14(15)16(19-20-17)18(24)22-9-7-21(8-10-22)12-13-4-3-11-25-13/h1-6,11H,7-10,12H2,(H,20,23). The van der Waals surface area contributed by atoms with Gasteiger partial charge in [-0.2, -0.15) is 5.10 Å². The number of rotatable bonds is 3. The molecule has 0 spiro atoms. The summed E-state index contributed by atoms with van der Waals surface area (Å²) in [7, 11) is 0. The number of aromatic amines is 1. The Balaban J connectivity index is 1.49. The molecule has 3 heterocycles. The van der Waals surface area contributed by atoms with E-state index in [9.17, 15) is 9.59 Å². The number of nitrogens with zero attached hydrogens (tertiary/aromatic N) is 3. The van der Waals surface area contributed by atoms with E-state index < -0.39 is 0 Å². The van der Waals surface area contributed by atoms with Crippen LogP contribution >= 0.6 is 11.3 Å². The first-order valence-corrected chi connectivity index (χ1v) is 9.12. The van der Waals surface area contributed by atoms with E-state index in [1.807, 2.05) is 11.0 Å². The molecule has 1 amide bonds. The van der Waals surface area contributed by atoms with Crippen LogP contribution in [0.3, 0.4) is 0 Å². The van der Waals surface area contributed by atoms with Gasteiger partial charge in [-0.1, -0.05) is 24.3 Å². The topological polar surface area (TPSA) is 69.3 Å². The lowest BCUT2D eigenvalue weighted by molar-refractivity contribution is 0.0625. The summed E-state index contributed by atoms with van der Waals surface area (Å²) >= 11 is 1.76. The van der Waals surface area contributed by atoms with Gasteiger partial charge in [0.15, 0.2) is 5.69 Å². The molecule has 25 heavy (non-hydrogen) atoms. The normalized spacial score (nSPS) is 15.6. The van der Waals surface area contributed by atoms with Crippen molar-refractivity contribution in [3.8, 4) is 0 Å². The van der Waals surface area contributed by atoms with Crippen molar-refractivity contribution in [3.05, 3.63) is 62.7 Å². The minimum Gasteiger partial charge on any atom is -0.335 e. The van der Waals surface area contributed by atoms with Gasteiger partial charge >= 0.3 is 0 Å². The molecule has 0 aliphatic carbocycles. The van der Waals surface area contributed by atoms with Crippen molar-refractivity contribution >= 4 is 28.0 Å². The van der Waals surface area contributed by atoms with E-state index in [2.05, 4.69) is 32.6 Å². The van der Waals surface area contributed by atoms with Crippen molar-refractivity contribution in [2.24, 2.45) is 0 Å². The van der Waals surface area contributed by atoms with E-state index in [0.717, 1.165) is 19.6 Å². The van der Waals surface area contributed by atoms with E-state index in [1.165, 1.54) is 4.88 Å². The van der Waals surface area contributed by atoms with E-state index in [1.54, 1.807) is 29.5 Å². The number of carbonyl (C=O) groups excluding carboxylic acids is 1. The molecular formula is C18H18N4O2S. The predicted octanol–water partition coefficient (Wildman–Crippen LogP) is 1.94. The van der Waals surface area contributed by atoms with Crippen LogP contribution in [-0.2, 0) is 6.54 Å². The Kier molecular flexibility index (Phi) is 4.33. The van der Waals surface area contributed by atoms with Gasteiger partial charge in [0.05, 0.1) is 5.39 Å². The van der Waals surface area contributed by atoms with E-state index >= 15 is 0 Å². The average Bonchev–Trinajstić information content (AvgIpc) is 3.15.